The predicted molar refractivity (Wildman–Crippen MR) is 99.1 cm³/mol. The fraction of sp³-hybridized carbons (Fsp3) is 0.864. The third kappa shape index (κ3) is 2.44. The monoisotopic (exact) mass is 359 g/mol. The lowest BCUT2D eigenvalue weighted by Gasteiger charge is -2.54. The summed E-state index contributed by atoms with van der Waals surface area (Å²) in [7, 11) is 3.53. The lowest BCUT2D eigenvalue weighted by molar-refractivity contribution is -0.213. The molecule has 4 rings (SSSR count). The van der Waals surface area contributed by atoms with Gasteiger partial charge in [0.1, 0.15) is 0 Å². The molecule has 0 unspecified atom stereocenters. The summed E-state index contributed by atoms with van der Waals surface area (Å²) in [5.74, 6) is 1.49. The first-order valence-electron chi connectivity index (χ1n) is 10.3. The zero-order chi connectivity index (χ0) is 18.6. The molecule has 26 heavy (non-hydrogen) atoms. The van der Waals surface area contributed by atoms with Crippen molar-refractivity contribution in [2.45, 2.75) is 82.5 Å². The molecule has 0 aromatic heterocycles. The minimum absolute atomic E-state index is 0.0839. The zero-order valence-corrected chi connectivity index (χ0v) is 16.5. The Balaban J connectivity index is 1.60. The van der Waals surface area contributed by atoms with Crippen LogP contribution >= 0.6 is 0 Å². The number of ether oxygens (including phenoxy) is 2. The fourth-order valence-electron chi connectivity index (χ4n) is 7.15. The van der Waals surface area contributed by atoms with E-state index in [4.69, 9.17) is 9.47 Å². The van der Waals surface area contributed by atoms with Gasteiger partial charge in [-0.15, -0.1) is 0 Å². The van der Waals surface area contributed by atoms with Crippen LogP contribution in [0.3, 0.4) is 0 Å². The van der Waals surface area contributed by atoms with Crippen molar-refractivity contribution in [2.75, 3.05) is 14.2 Å². The fourth-order valence-corrected chi connectivity index (χ4v) is 7.15. The Morgan fingerprint density at radius 2 is 1.88 bits per heavy atom. The van der Waals surface area contributed by atoms with Crippen molar-refractivity contribution >= 4 is 0 Å². The smallest absolute Gasteiger partial charge is 0.171 e. The highest BCUT2D eigenvalue weighted by Crippen LogP contribution is 2.65. The van der Waals surface area contributed by atoms with Crippen LogP contribution in [-0.4, -0.2) is 30.7 Å². The van der Waals surface area contributed by atoms with Gasteiger partial charge in [0.2, 0.25) is 0 Å². The van der Waals surface area contributed by atoms with Gasteiger partial charge in [0.25, 0.3) is 0 Å². The molecular formula is C22H33NO3. The Morgan fingerprint density at radius 3 is 2.58 bits per heavy atom. The van der Waals surface area contributed by atoms with Crippen LogP contribution in [-0.2, 0) is 9.47 Å². The highest BCUT2D eigenvalue weighted by atomic mass is 16.7. The van der Waals surface area contributed by atoms with Gasteiger partial charge < -0.3 is 14.6 Å². The molecule has 0 radical (unpaired) electrons. The number of nitrogens with zero attached hydrogens (tertiary/aromatic N) is 1. The van der Waals surface area contributed by atoms with Crippen molar-refractivity contribution in [1.29, 1.82) is 5.26 Å². The number of hydrogen-bond donors (Lipinski definition) is 1. The number of aliphatic hydroxyl groups is 1. The van der Waals surface area contributed by atoms with E-state index < -0.39 is 11.4 Å². The topological polar surface area (TPSA) is 62.5 Å². The van der Waals surface area contributed by atoms with E-state index in [-0.39, 0.29) is 11.8 Å². The van der Waals surface area contributed by atoms with Crippen LogP contribution in [0.1, 0.15) is 71.1 Å². The number of rotatable bonds is 3. The quantitative estimate of drug-likeness (QED) is 0.601. The van der Waals surface area contributed by atoms with Crippen molar-refractivity contribution < 1.29 is 14.6 Å². The summed E-state index contributed by atoms with van der Waals surface area (Å²) < 4.78 is 11.5. The Bertz CT molecular complexity index is 646. The molecule has 4 nitrogen and oxygen atoms in total. The van der Waals surface area contributed by atoms with Gasteiger partial charge in [0.05, 0.1) is 18.1 Å². The molecule has 0 bridgehead atoms. The molecule has 5 atom stereocenters. The maximum atomic E-state index is 11.2. The van der Waals surface area contributed by atoms with Crippen molar-refractivity contribution in [2.24, 2.45) is 23.2 Å². The molecule has 4 aliphatic carbocycles. The number of fused-ring (bicyclic) bond motifs is 4. The Kier molecular flexibility index (Phi) is 4.50. The summed E-state index contributed by atoms with van der Waals surface area (Å²) in [6.45, 7) is 2.27. The summed E-state index contributed by atoms with van der Waals surface area (Å²) in [6.07, 6.45) is 9.70. The summed E-state index contributed by atoms with van der Waals surface area (Å²) in [5.41, 5.74) is 2.40. The maximum absolute atomic E-state index is 11.2. The molecule has 0 aliphatic heterocycles. The van der Waals surface area contributed by atoms with Gasteiger partial charge >= 0.3 is 0 Å². The van der Waals surface area contributed by atoms with E-state index in [1.165, 1.54) is 6.42 Å². The summed E-state index contributed by atoms with van der Waals surface area (Å²) in [4.78, 5) is 0. The molecule has 4 aliphatic rings. The van der Waals surface area contributed by atoms with Gasteiger partial charge in [-0.1, -0.05) is 18.1 Å². The zero-order valence-electron chi connectivity index (χ0n) is 16.5. The normalized spacial score (nSPS) is 44.0. The second-order valence-corrected chi connectivity index (χ2v) is 9.40. The van der Waals surface area contributed by atoms with Crippen LogP contribution in [0.4, 0.5) is 0 Å². The number of allylic oxidation sites excluding steroid dienone is 1. The molecule has 0 saturated heterocycles. The molecule has 0 aromatic carbocycles. The number of nitriles is 1. The second-order valence-electron chi connectivity index (χ2n) is 9.40. The predicted octanol–water partition coefficient (Wildman–Crippen LogP) is 4.34. The SMILES string of the molecule is COC1(OC)CCC2=C(CC[C@@H]3[C@@H]2CC[C@@]2(C)[C@H]3CC[C@@]2(O)CC#N)C1. The summed E-state index contributed by atoms with van der Waals surface area (Å²) in [6, 6.07) is 2.26. The lowest BCUT2D eigenvalue weighted by atomic mass is 9.52. The molecule has 4 heteroatoms. The summed E-state index contributed by atoms with van der Waals surface area (Å²) in [5, 5.41) is 20.5. The molecule has 1 N–H and O–H groups in total. The van der Waals surface area contributed by atoms with Crippen molar-refractivity contribution in [3.8, 4) is 6.07 Å². The third-order valence-corrected chi connectivity index (χ3v) is 8.81. The van der Waals surface area contributed by atoms with E-state index >= 15 is 0 Å². The minimum Gasteiger partial charge on any atom is -0.388 e. The van der Waals surface area contributed by atoms with Gasteiger partial charge in [-0.2, -0.15) is 5.26 Å². The van der Waals surface area contributed by atoms with E-state index in [1.54, 1.807) is 25.4 Å². The van der Waals surface area contributed by atoms with Gasteiger partial charge in [-0.3, -0.25) is 0 Å². The van der Waals surface area contributed by atoms with Gasteiger partial charge in [0.15, 0.2) is 5.79 Å². The maximum Gasteiger partial charge on any atom is 0.171 e. The van der Waals surface area contributed by atoms with Crippen LogP contribution < -0.4 is 0 Å². The average molecular weight is 360 g/mol. The molecule has 2 fully saturated rings. The van der Waals surface area contributed by atoms with E-state index in [1.807, 2.05) is 0 Å². The van der Waals surface area contributed by atoms with Crippen molar-refractivity contribution in [3.63, 3.8) is 0 Å². The van der Waals surface area contributed by atoms with Crippen LogP contribution in [0, 0.1) is 34.5 Å². The standard InChI is InChI=1S/C22H33NO3/c1-20-9-6-17-16-7-11-22(25-2,26-3)14-15(16)4-5-18(17)19(20)8-10-21(20,24)12-13-23/h17-19,24H,4-12,14H2,1-3H3/t17-,18-,19+,20+,21-/m1/s1. The summed E-state index contributed by atoms with van der Waals surface area (Å²) >= 11 is 0. The van der Waals surface area contributed by atoms with Crippen LogP contribution in [0.25, 0.3) is 0 Å². The highest BCUT2D eigenvalue weighted by molar-refractivity contribution is 5.29. The lowest BCUT2D eigenvalue weighted by Crippen LogP contribution is -2.51. The van der Waals surface area contributed by atoms with Gasteiger partial charge in [-0.25, -0.2) is 0 Å². The first-order chi connectivity index (χ1) is 12.4. The first-order valence-corrected chi connectivity index (χ1v) is 10.3. The Hall–Kier alpha value is -0.890. The third-order valence-electron chi connectivity index (χ3n) is 8.81. The number of hydrogen-bond acceptors (Lipinski definition) is 4. The first kappa shape index (κ1) is 18.5. The largest absolute Gasteiger partial charge is 0.388 e. The molecule has 0 aromatic rings. The molecular weight excluding hydrogens is 326 g/mol. The van der Waals surface area contributed by atoms with E-state index in [2.05, 4.69) is 13.0 Å². The van der Waals surface area contributed by atoms with E-state index in [0.29, 0.717) is 17.8 Å². The van der Waals surface area contributed by atoms with E-state index in [0.717, 1.165) is 51.4 Å². The van der Waals surface area contributed by atoms with Gasteiger partial charge in [0, 0.05) is 32.5 Å². The van der Waals surface area contributed by atoms with Crippen LogP contribution in [0.2, 0.25) is 0 Å². The van der Waals surface area contributed by atoms with Crippen molar-refractivity contribution in [3.05, 3.63) is 11.1 Å². The second kappa shape index (κ2) is 6.33. The van der Waals surface area contributed by atoms with Crippen LogP contribution in [0.5, 0.6) is 0 Å². The van der Waals surface area contributed by atoms with E-state index in [9.17, 15) is 10.4 Å². The minimum atomic E-state index is -0.778. The molecule has 2 saturated carbocycles. The van der Waals surface area contributed by atoms with Gasteiger partial charge in [-0.05, 0) is 62.7 Å². The van der Waals surface area contributed by atoms with Crippen molar-refractivity contribution in [1.82, 2.24) is 0 Å². The Morgan fingerprint density at radius 1 is 1.12 bits per heavy atom. The Labute approximate surface area is 157 Å². The average Bonchev–Trinajstić information content (AvgIpc) is 2.92. The highest BCUT2D eigenvalue weighted by Gasteiger charge is 2.61. The molecule has 0 heterocycles. The van der Waals surface area contributed by atoms with Crippen LogP contribution in [0.15, 0.2) is 11.1 Å². The molecule has 0 amide bonds. The molecule has 0 spiro atoms. The number of methoxy groups -OCH3 is 2. The molecule has 144 valence electrons.